The Morgan fingerprint density at radius 2 is 1.85 bits per heavy atom. The molecule has 1 heterocycles. The molecule has 1 aromatic heterocycles. The van der Waals surface area contributed by atoms with E-state index in [1.807, 2.05) is 61.7 Å². The lowest BCUT2D eigenvalue weighted by Gasteiger charge is -2.18. The van der Waals surface area contributed by atoms with Gasteiger partial charge in [0, 0.05) is 23.1 Å². The molecule has 2 aromatic carbocycles. The van der Waals surface area contributed by atoms with Crippen molar-refractivity contribution in [2.45, 2.75) is 13.8 Å². The van der Waals surface area contributed by atoms with Crippen LogP contribution in [0.4, 0.5) is 5.13 Å². The zero-order valence-electron chi connectivity index (χ0n) is 15.9. The van der Waals surface area contributed by atoms with Gasteiger partial charge in [0.2, 0.25) is 0 Å². The van der Waals surface area contributed by atoms with Crippen LogP contribution < -0.4 is 14.4 Å². The van der Waals surface area contributed by atoms with E-state index in [2.05, 4.69) is 4.98 Å². The number of hydrogen-bond donors (Lipinski definition) is 0. The standard InChI is InChI=1S/C21H22N2O3S/c1-5-23(20(24)15-8-6-14(2)7-9-15)21-22-18(13-27-21)17-12-16(25-3)10-11-19(17)26-4/h6-13H,5H2,1-4H3. The summed E-state index contributed by atoms with van der Waals surface area (Å²) in [6.07, 6.45) is 0. The lowest BCUT2D eigenvalue weighted by molar-refractivity contribution is 0.0988. The summed E-state index contributed by atoms with van der Waals surface area (Å²) in [5.41, 5.74) is 3.36. The molecule has 0 atom stereocenters. The number of carbonyl (C=O) groups excluding carboxylic acids is 1. The molecule has 0 spiro atoms. The minimum Gasteiger partial charge on any atom is -0.497 e. The maximum absolute atomic E-state index is 12.9. The summed E-state index contributed by atoms with van der Waals surface area (Å²) in [6.45, 7) is 4.48. The summed E-state index contributed by atoms with van der Waals surface area (Å²) in [6, 6.07) is 13.2. The first kappa shape index (κ1) is 18.9. The van der Waals surface area contributed by atoms with Crippen LogP contribution in [0.15, 0.2) is 47.8 Å². The van der Waals surface area contributed by atoms with Gasteiger partial charge in [-0.2, -0.15) is 0 Å². The zero-order valence-corrected chi connectivity index (χ0v) is 16.7. The number of benzene rings is 2. The SMILES string of the molecule is CCN(C(=O)c1ccc(C)cc1)c1nc(-c2cc(OC)ccc2OC)cs1. The van der Waals surface area contributed by atoms with Crippen molar-refractivity contribution in [3.63, 3.8) is 0 Å². The molecule has 0 fully saturated rings. The number of aromatic nitrogens is 1. The fourth-order valence-corrected chi connectivity index (χ4v) is 3.63. The Hall–Kier alpha value is -2.86. The van der Waals surface area contributed by atoms with Crippen LogP contribution in [0.5, 0.6) is 11.5 Å². The van der Waals surface area contributed by atoms with Gasteiger partial charge >= 0.3 is 0 Å². The molecule has 140 valence electrons. The lowest BCUT2D eigenvalue weighted by atomic mass is 10.1. The van der Waals surface area contributed by atoms with Gasteiger partial charge in [-0.25, -0.2) is 4.98 Å². The van der Waals surface area contributed by atoms with Gasteiger partial charge in [-0.05, 0) is 44.2 Å². The molecule has 1 amide bonds. The molecule has 0 saturated heterocycles. The van der Waals surface area contributed by atoms with Crippen molar-refractivity contribution in [1.29, 1.82) is 0 Å². The average Bonchev–Trinajstić information content (AvgIpc) is 3.18. The summed E-state index contributed by atoms with van der Waals surface area (Å²) >= 11 is 1.43. The van der Waals surface area contributed by atoms with Crippen molar-refractivity contribution in [3.8, 4) is 22.8 Å². The summed E-state index contributed by atoms with van der Waals surface area (Å²) in [4.78, 5) is 19.3. The number of ether oxygens (including phenoxy) is 2. The van der Waals surface area contributed by atoms with E-state index in [9.17, 15) is 4.79 Å². The number of thiazole rings is 1. The molecule has 27 heavy (non-hydrogen) atoms. The van der Waals surface area contributed by atoms with Gasteiger partial charge in [-0.15, -0.1) is 11.3 Å². The molecule has 0 N–H and O–H groups in total. The molecule has 0 bridgehead atoms. The number of anilines is 1. The first-order chi connectivity index (χ1) is 13.1. The molecule has 0 radical (unpaired) electrons. The van der Waals surface area contributed by atoms with Crippen molar-refractivity contribution in [1.82, 2.24) is 4.98 Å². The molecule has 0 aliphatic rings. The average molecular weight is 382 g/mol. The second-order valence-corrected chi connectivity index (χ2v) is 6.83. The van der Waals surface area contributed by atoms with Gasteiger partial charge in [0.05, 0.1) is 19.9 Å². The van der Waals surface area contributed by atoms with Gasteiger partial charge < -0.3 is 9.47 Å². The van der Waals surface area contributed by atoms with Crippen LogP contribution in [0.25, 0.3) is 11.3 Å². The van der Waals surface area contributed by atoms with Crippen LogP contribution in [0.3, 0.4) is 0 Å². The maximum Gasteiger partial charge on any atom is 0.260 e. The molecule has 0 aliphatic carbocycles. The van der Waals surface area contributed by atoms with Crippen LogP contribution in [0.1, 0.15) is 22.8 Å². The summed E-state index contributed by atoms with van der Waals surface area (Å²) in [7, 11) is 3.25. The smallest absolute Gasteiger partial charge is 0.260 e. The van der Waals surface area contributed by atoms with Gasteiger partial charge in [-0.3, -0.25) is 9.69 Å². The number of carbonyl (C=O) groups is 1. The highest BCUT2D eigenvalue weighted by molar-refractivity contribution is 7.14. The van der Waals surface area contributed by atoms with Crippen molar-refractivity contribution in [2.75, 3.05) is 25.7 Å². The van der Waals surface area contributed by atoms with Crippen molar-refractivity contribution < 1.29 is 14.3 Å². The van der Waals surface area contributed by atoms with Crippen LogP contribution in [-0.4, -0.2) is 31.7 Å². The number of nitrogens with zero attached hydrogens (tertiary/aromatic N) is 2. The van der Waals surface area contributed by atoms with Crippen molar-refractivity contribution >= 4 is 22.4 Å². The number of amides is 1. The van der Waals surface area contributed by atoms with Gasteiger partial charge in [0.25, 0.3) is 5.91 Å². The molecule has 0 unspecified atom stereocenters. The van der Waals surface area contributed by atoms with Gasteiger partial charge in [0.15, 0.2) is 5.13 Å². The second kappa shape index (κ2) is 8.22. The third-order valence-corrected chi connectivity index (χ3v) is 5.13. The van der Waals surface area contributed by atoms with Crippen LogP contribution in [-0.2, 0) is 0 Å². The Balaban J connectivity index is 1.94. The van der Waals surface area contributed by atoms with Gasteiger partial charge in [-0.1, -0.05) is 17.7 Å². The van der Waals surface area contributed by atoms with Crippen LogP contribution in [0.2, 0.25) is 0 Å². The monoisotopic (exact) mass is 382 g/mol. The van der Waals surface area contributed by atoms with Crippen molar-refractivity contribution in [3.05, 3.63) is 59.0 Å². The highest BCUT2D eigenvalue weighted by Crippen LogP contribution is 2.36. The minimum atomic E-state index is -0.0593. The van der Waals surface area contributed by atoms with E-state index in [0.29, 0.717) is 23.0 Å². The van der Waals surface area contributed by atoms with E-state index >= 15 is 0 Å². The number of hydrogen-bond acceptors (Lipinski definition) is 5. The van der Waals surface area contributed by atoms with Crippen LogP contribution in [0, 0.1) is 6.92 Å². The highest BCUT2D eigenvalue weighted by Gasteiger charge is 2.20. The first-order valence-electron chi connectivity index (χ1n) is 8.63. The molecule has 0 aliphatic heterocycles. The lowest BCUT2D eigenvalue weighted by Crippen LogP contribution is -2.30. The Kier molecular flexibility index (Phi) is 5.76. The number of rotatable bonds is 6. The number of methoxy groups -OCH3 is 2. The molecular weight excluding hydrogens is 360 g/mol. The van der Waals surface area contributed by atoms with E-state index in [1.165, 1.54) is 11.3 Å². The third-order valence-electron chi connectivity index (χ3n) is 4.27. The Morgan fingerprint density at radius 3 is 2.48 bits per heavy atom. The molecule has 6 heteroatoms. The third kappa shape index (κ3) is 3.95. The van der Waals surface area contributed by atoms with Crippen molar-refractivity contribution in [2.24, 2.45) is 0 Å². The predicted octanol–water partition coefficient (Wildman–Crippen LogP) is 4.80. The molecule has 5 nitrogen and oxygen atoms in total. The molecule has 3 rings (SSSR count). The minimum absolute atomic E-state index is 0.0593. The van der Waals surface area contributed by atoms with E-state index in [4.69, 9.17) is 9.47 Å². The largest absolute Gasteiger partial charge is 0.497 e. The van der Waals surface area contributed by atoms with E-state index in [0.717, 1.165) is 22.6 Å². The predicted molar refractivity (Wildman–Crippen MR) is 109 cm³/mol. The molecule has 0 saturated carbocycles. The normalized spacial score (nSPS) is 10.5. The first-order valence-corrected chi connectivity index (χ1v) is 9.51. The Morgan fingerprint density at radius 1 is 1.11 bits per heavy atom. The fourth-order valence-electron chi connectivity index (χ4n) is 2.74. The van der Waals surface area contributed by atoms with Gasteiger partial charge in [0.1, 0.15) is 11.5 Å². The molecular formula is C21H22N2O3S. The Labute approximate surface area is 163 Å². The summed E-state index contributed by atoms with van der Waals surface area (Å²) in [5, 5.41) is 2.58. The summed E-state index contributed by atoms with van der Waals surface area (Å²) < 4.78 is 10.8. The maximum atomic E-state index is 12.9. The topological polar surface area (TPSA) is 51.7 Å². The summed E-state index contributed by atoms with van der Waals surface area (Å²) in [5.74, 6) is 1.37. The molecule has 3 aromatic rings. The zero-order chi connectivity index (χ0) is 19.4. The van der Waals surface area contributed by atoms with Crippen LogP contribution >= 0.6 is 11.3 Å². The second-order valence-electron chi connectivity index (χ2n) is 6.00. The van der Waals surface area contributed by atoms with E-state index in [1.54, 1.807) is 19.1 Å². The fraction of sp³-hybridized carbons (Fsp3) is 0.238. The van der Waals surface area contributed by atoms with E-state index in [-0.39, 0.29) is 5.91 Å². The van der Waals surface area contributed by atoms with E-state index < -0.39 is 0 Å². The highest BCUT2D eigenvalue weighted by atomic mass is 32.1. The number of aryl methyl sites for hydroxylation is 1. The Bertz CT molecular complexity index is 935. The quantitative estimate of drug-likeness (QED) is 0.614.